The number of benzene rings is 2. The van der Waals surface area contributed by atoms with Crippen molar-refractivity contribution < 1.29 is 4.39 Å². The molecule has 2 aromatic rings. The van der Waals surface area contributed by atoms with Crippen molar-refractivity contribution in [1.82, 2.24) is 0 Å². The van der Waals surface area contributed by atoms with Crippen LogP contribution in [0.5, 0.6) is 0 Å². The summed E-state index contributed by atoms with van der Waals surface area (Å²) in [6.07, 6.45) is 0. The third-order valence-electron chi connectivity index (χ3n) is 3.21. The van der Waals surface area contributed by atoms with Crippen molar-refractivity contribution in [2.45, 2.75) is 20.4 Å². The molecule has 0 aliphatic carbocycles. The van der Waals surface area contributed by atoms with E-state index >= 15 is 0 Å². The molecule has 0 fully saturated rings. The summed E-state index contributed by atoms with van der Waals surface area (Å²) < 4.78 is 13.0. The van der Waals surface area contributed by atoms with Crippen molar-refractivity contribution in [1.29, 1.82) is 0 Å². The molecule has 0 atom stereocenters. The van der Waals surface area contributed by atoms with E-state index in [2.05, 4.69) is 36.9 Å². The molecule has 0 radical (unpaired) electrons. The fourth-order valence-electron chi connectivity index (χ4n) is 2.21. The van der Waals surface area contributed by atoms with Crippen molar-refractivity contribution in [3.63, 3.8) is 0 Å². The van der Waals surface area contributed by atoms with Crippen LogP contribution in [0.15, 0.2) is 42.5 Å². The minimum Gasteiger partial charge on any atom is -0.341 e. The van der Waals surface area contributed by atoms with E-state index in [0.717, 1.165) is 23.5 Å². The van der Waals surface area contributed by atoms with Crippen LogP contribution in [0.4, 0.5) is 15.8 Å². The van der Waals surface area contributed by atoms with Gasteiger partial charge in [-0.2, -0.15) is 0 Å². The lowest BCUT2D eigenvalue weighted by Crippen LogP contribution is -2.18. The normalized spacial score (nSPS) is 10.5. The highest BCUT2D eigenvalue weighted by Crippen LogP contribution is 2.29. The van der Waals surface area contributed by atoms with Crippen LogP contribution in [0.3, 0.4) is 0 Å². The first-order valence-corrected chi connectivity index (χ1v) is 6.48. The molecule has 0 aromatic heterocycles. The highest BCUT2D eigenvalue weighted by Gasteiger charge is 2.11. The summed E-state index contributed by atoms with van der Waals surface area (Å²) in [5, 5.41) is 0. The van der Waals surface area contributed by atoms with Gasteiger partial charge in [0.05, 0.1) is 0 Å². The van der Waals surface area contributed by atoms with Crippen molar-refractivity contribution in [2.75, 3.05) is 11.4 Å². The smallest absolute Gasteiger partial charge is 0.123 e. The largest absolute Gasteiger partial charge is 0.341 e. The Morgan fingerprint density at radius 1 is 1.11 bits per heavy atom. The molecule has 0 aliphatic heterocycles. The van der Waals surface area contributed by atoms with Crippen LogP contribution in [-0.2, 0) is 6.54 Å². The monoisotopic (exact) mass is 258 g/mol. The molecule has 3 heteroatoms. The first kappa shape index (κ1) is 13.6. The summed E-state index contributed by atoms with van der Waals surface area (Å²) in [5.74, 6) is -0.219. The van der Waals surface area contributed by atoms with Gasteiger partial charge in [-0.1, -0.05) is 12.1 Å². The Morgan fingerprint density at radius 3 is 2.37 bits per heavy atom. The lowest BCUT2D eigenvalue weighted by Gasteiger charge is -2.26. The van der Waals surface area contributed by atoms with Gasteiger partial charge in [-0.3, -0.25) is 0 Å². The summed E-state index contributed by atoms with van der Waals surface area (Å²) in [7, 11) is 0. The fourth-order valence-corrected chi connectivity index (χ4v) is 2.21. The van der Waals surface area contributed by atoms with E-state index in [4.69, 9.17) is 5.73 Å². The number of hydrogen-bond acceptors (Lipinski definition) is 2. The Morgan fingerprint density at radius 2 is 1.79 bits per heavy atom. The maximum absolute atomic E-state index is 13.0. The first-order chi connectivity index (χ1) is 9.15. The maximum atomic E-state index is 13.0. The minimum atomic E-state index is -0.219. The summed E-state index contributed by atoms with van der Waals surface area (Å²) in [4.78, 5) is 2.15. The van der Waals surface area contributed by atoms with Crippen LogP contribution in [0.2, 0.25) is 0 Å². The van der Waals surface area contributed by atoms with E-state index in [1.807, 2.05) is 0 Å². The number of aryl methyl sites for hydroxylation is 1. The number of rotatable bonds is 4. The second kappa shape index (κ2) is 5.85. The van der Waals surface area contributed by atoms with Gasteiger partial charge in [0.1, 0.15) is 5.82 Å². The van der Waals surface area contributed by atoms with Crippen molar-refractivity contribution in [2.24, 2.45) is 5.73 Å². The minimum absolute atomic E-state index is 0.219. The summed E-state index contributed by atoms with van der Waals surface area (Å²) in [5.41, 5.74) is 10.2. The van der Waals surface area contributed by atoms with Crippen LogP contribution < -0.4 is 10.6 Å². The molecule has 0 spiro atoms. The molecule has 0 aliphatic rings. The van der Waals surface area contributed by atoms with Crippen molar-refractivity contribution in [3.8, 4) is 0 Å². The van der Waals surface area contributed by atoms with Gasteiger partial charge in [0.25, 0.3) is 0 Å². The third kappa shape index (κ3) is 2.93. The van der Waals surface area contributed by atoms with Crippen molar-refractivity contribution in [3.05, 3.63) is 59.4 Å². The molecule has 2 nitrogen and oxygen atoms in total. The molecule has 0 heterocycles. The lowest BCUT2D eigenvalue weighted by molar-refractivity contribution is 0.628. The number of halogens is 1. The average molecular weight is 258 g/mol. The summed E-state index contributed by atoms with van der Waals surface area (Å²) in [6.45, 7) is 5.43. The predicted octanol–water partition coefficient (Wildman–Crippen LogP) is 3.75. The summed E-state index contributed by atoms with van der Waals surface area (Å²) in [6, 6.07) is 12.8. The second-order valence-electron chi connectivity index (χ2n) is 4.56. The van der Waals surface area contributed by atoms with Gasteiger partial charge in [-0.25, -0.2) is 4.39 Å². The maximum Gasteiger partial charge on any atom is 0.123 e. The average Bonchev–Trinajstić information content (AvgIpc) is 2.42. The van der Waals surface area contributed by atoms with Crippen LogP contribution in [0.25, 0.3) is 0 Å². The van der Waals surface area contributed by atoms with E-state index in [1.165, 1.54) is 17.7 Å². The van der Waals surface area contributed by atoms with Gasteiger partial charge >= 0.3 is 0 Å². The fraction of sp³-hybridized carbons (Fsp3) is 0.250. The predicted molar refractivity (Wildman–Crippen MR) is 78.2 cm³/mol. The molecule has 0 saturated heterocycles. The highest BCUT2D eigenvalue weighted by atomic mass is 19.1. The van der Waals surface area contributed by atoms with E-state index in [-0.39, 0.29) is 5.82 Å². The third-order valence-corrected chi connectivity index (χ3v) is 3.21. The number of anilines is 2. The van der Waals surface area contributed by atoms with E-state index < -0.39 is 0 Å². The first-order valence-electron chi connectivity index (χ1n) is 6.48. The van der Waals surface area contributed by atoms with E-state index in [1.54, 1.807) is 12.1 Å². The molecule has 2 aromatic carbocycles. The molecular weight excluding hydrogens is 239 g/mol. The molecule has 2 rings (SSSR count). The molecule has 0 amide bonds. The topological polar surface area (TPSA) is 29.3 Å². The second-order valence-corrected chi connectivity index (χ2v) is 4.56. The Labute approximate surface area is 113 Å². The van der Waals surface area contributed by atoms with Gasteiger partial charge in [0, 0.05) is 24.5 Å². The Kier molecular flexibility index (Phi) is 4.17. The Hall–Kier alpha value is -1.87. The SMILES string of the molecule is CCN(c1ccc(F)cc1)c1cc(C)ccc1CN. The van der Waals surface area contributed by atoms with Gasteiger partial charge in [0.2, 0.25) is 0 Å². The number of nitrogens with two attached hydrogens (primary N) is 1. The molecule has 0 bridgehead atoms. The number of nitrogens with zero attached hydrogens (tertiary/aromatic N) is 1. The van der Waals surface area contributed by atoms with Crippen LogP contribution in [-0.4, -0.2) is 6.54 Å². The van der Waals surface area contributed by atoms with Crippen LogP contribution >= 0.6 is 0 Å². The van der Waals surface area contributed by atoms with Crippen LogP contribution in [0.1, 0.15) is 18.1 Å². The zero-order valence-corrected chi connectivity index (χ0v) is 11.4. The van der Waals surface area contributed by atoms with Gasteiger partial charge in [0.15, 0.2) is 0 Å². The van der Waals surface area contributed by atoms with Gasteiger partial charge in [-0.05, 0) is 55.3 Å². The zero-order valence-electron chi connectivity index (χ0n) is 11.4. The quantitative estimate of drug-likeness (QED) is 0.905. The lowest BCUT2D eigenvalue weighted by atomic mass is 10.1. The molecule has 2 N–H and O–H groups in total. The van der Waals surface area contributed by atoms with Crippen molar-refractivity contribution >= 4 is 11.4 Å². The number of hydrogen-bond donors (Lipinski definition) is 1. The van der Waals surface area contributed by atoms with Crippen LogP contribution in [0, 0.1) is 12.7 Å². The molecular formula is C16H19FN2. The zero-order chi connectivity index (χ0) is 13.8. The molecule has 0 saturated carbocycles. The summed E-state index contributed by atoms with van der Waals surface area (Å²) >= 11 is 0. The Bertz CT molecular complexity index is 549. The molecule has 0 unspecified atom stereocenters. The van der Waals surface area contributed by atoms with E-state index in [9.17, 15) is 4.39 Å². The molecule has 19 heavy (non-hydrogen) atoms. The standard InChI is InChI=1S/C16H19FN2/c1-3-19(15-8-6-14(17)7-9-15)16-10-12(2)4-5-13(16)11-18/h4-10H,3,11,18H2,1-2H3. The van der Waals surface area contributed by atoms with Gasteiger partial charge in [-0.15, -0.1) is 0 Å². The molecule has 100 valence electrons. The Balaban J connectivity index is 2.47. The highest BCUT2D eigenvalue weighted by molar-refractivity contribution is 5.67. The van der Waals surface area contributed by atoms with Gasteiger partial charge < -0.3 is 10.6 Å². The van der Waals surface area contributed by atoms with E-state index in [0.29, 0.717) is 6.54 Å².